The maximum Gasteiger partial charge on any atom is 0.216 e. The first kappa shape index (κ1) is 20.3. The summed E-state index contributed by atoms with van der Waals surface area (Å²) in [5.41, 5.74) is 11.0. The van der Waals surface area contributed by atoms with Gasteiger partial charge < -0.3 is 5.73 Å². The fourth-order valence-electron chi connectivity index (χ4n) is 3.86. The summed E-state index contributed by atoms with van der Waals surface area (Å²) < 4.78 is 29.8. The highest BCUT2D eigenvalue weighted by molar-refractivity contribution is 7.89. The minimum absolute atomic E-state index is 0.381. The molecule has 1 aliphatic carbocycles. The van der Waals surface area contributed by atoms with E-state index in [9.17, 15) is 8.42 Å². The monoisotopic (exact) mass is 431 g/mol. The number of hydrogen-bond acceptors (Lipinski definition) is 5. The molecule has 2 aliphatic heterocycles. The first-order chi connectivity index (χ1) is 13.7. The van der Waals surface area contributed by atoms with E-state index >= 15 is 0 Å². The highest BCUT2D eigenvalue weighted by atomic mass is 32.2. The summed E-state index contributed by atoms with van der Waals surface area (Å²) in [6, 6.07) is 8.27. The van der Waals surface area contributed by atoms with Crippen LogP contribution >= 0.6 is 11.3 Å². The number of nitrogens with zero attached hydrogens (tertiary/aromatic N) is 3. The third-order valence-corrected chi connectivity index (χ3v) is 8.88. The lowest BCUT2D eigenvalue weighted by molar-refractivity contribution is 0.328. The van der Waals surface area contributed by atoms with Gasteiger partial charge in [-0.1, -0.05) is 0 Å². The summed E-state index contributed by atoms with van der Waals surface area (Å²) in [4.78, 5) is 6.04. The molecule has 0 amide bonds. The Hall–Kier alpha value is -2.03. The molecule has 2 N–H and O–H groups in total. The van der Waals surface area contributed by atoms with Crippen molar-refractivity contribution in [1.29, 1.82) is 0 Å². The summed E-state index contributed by atoms with van der Waals surface area (Å²) in [7, 11) is -3.19. The van der Waals surface area contributed by atoms with Crippen molar-refractivity contribution in [1.82, 2.24) is 13.9 Å². The van der Waals surface area contributed by atoms with Crippen molar-refractivity contribution in [3.8, 4) is 10.6 Å². The number of anilines is 1. The molecule has 0 unspecified atom stereocenters. The minimum atomic E-state index is -3.19. The SMILES string of the molecule is Cc1cc(=[N+]2CCN(S(=O)(=O)C(C)C)CC2)cc2sc3cc(N)cc(C)c3nc1-2. The molecule has 3 aliphatic rings. The predicted molar refractivity (Wildman–Crippen MR) is 121 cm³/mol. The number of aryl methyl sites for hydroxylation is 2. The average molecular weight is 432 g/mol. The lowest BCUT2D eigenvalue weighted by Gasteiger charge is -2.26. The Balaban J connectivity index is 1.78. The number of piperazine rings is 1. The fourth-order valence-corrected chi connectivity index (χ4v) is 6.34. The van der Waals surface area contributed by atoms with Gasteiger partial charge >= 0.3 is 0 Å². The molecular weight excluding hydrogens is 404 g/mol. The largest absolute Gasteiger partial charge is 0.399 e. The van der Waals surface area contributed by atoms with E-state index in [1.165, 1.54) is 0 Å². The van der Waals surface area contributed by atoms with Crippen molar-refractivity contribution in [2.24, 2.45) is 0 Å². The van der Waals surface area contributed by atoms with Crippen LogP contribution in [0.2, 0.25) is 0 Å². The fraction of sp³-hybridized carbons (Fsp3) is 0.429. The van der Waals surface area contributed by atoms with Crippen molar-refractivity contribution in [3.63, 3.8) is 0 Å². The molecule has 1 saturated heterocycles. The van der Waals surface area contributed by atoms with Crippen molar-refractivity contribution < 1.29 is 8.42 Å². The Labute approximate surface area is 175 Å². The highest BCUT2D eigenvalue weighted by Crippen LogP contribution is 2.33. The topological polar surface area (TPSA) is 79.3 Å². The Kier molecular flexibility index (Phi) is 5.13. The third kappa shape index (κ3) is 3.65. The summed E-state index contributed by atoms with van der Waals surface area (Å²) in [5.74, 6) is 0. The van der Waals surface area contributed by atoms with Gasteiger partial charge in [-0.2, -0.15) is 4.31 Å². The van der Waals surface area contributed by atoms with Crippen LogP contribution in [0.25, 0.3) is 20.8 Å². The number of hydrogen-bond donors (Lipinski definition) is 1. The molecule has 0 saturated carbocycles. The van der Waals surface area contributed by atoms with Gasteiger partial charge in [0.25, 0.3) is 0 Å². The number of nitrogen functional groups attached to an aromatic ring is 1. The van der Waals surface area contributed by atoms with Gasteiger partial charge in [0.15, 0.2) is 13.1 Å². The van der Waals surface area contributed by atoms with E-state index in [0.717, 1.165) is 43.0 Å². The van der Waals surface area contributed by atoms with Gasteiger partial charge in [-0.15, -0.1) is 11.3 Å². The number of fused-ring (bicyclic) bond motifs is 2. The van der Waals surface area contributed by atoms with Crippen LogP contribution in [0.3, 0.4) is 0 Å². The van der Waals surface area contributed by atoms with Gasteiger partial charge in [0.1, 0.15) is 0 Å². The van der Waals surface area contributed by atoms with E-state index in [2.05, 4.69) is 23.6 Å². The lowest BCUT2D eigenvalue weighted by Crippen LogP contribution is -2.51. The minimum Gasteiger partial charge on any atom is -0.399 e. The van der Waals surface area contributed by atoms with Gasteiger partial charge in [-0.05, 0) is 51.0 Å². The molecule has 0 aromatic heterocycles. The zero-order valence-corrected chi connectivity index (χ0v) is 18.9. The van der Waals surface area contributed by atoms with Crippen molar-refractivity contribution >= 4 is 37.3 Å². The van der Waals surface area contributed by atoms with E-state index in [0.29, 0.717) is 26.2 Å². The molecule has 0 bridgehead atoms. The average Bonchev–Trinajstić information content (AvgIpc) is 2.66. The Morgan fingerprint density at radius 3 is 2.45 bits per heavy atom. The third-order valence-electron chi connectivity index (χ3n) is 5.54. The first-order valence-electron chi connectivity index (χ1n) is 9.85. The standard InChI is InChI=1S/C21H26N4O2S2/c1-13(2)29(26,27)25-7-5-24(6-8-25)17-10-15(4)21-19(12-17)28-18-11-16(22)9-14(3)20(18)23-21/h9-13,22H,5-8H2,1-4H3/p+1. The molecule has 8 heteroatoms. The van der Waals surface area contributed by atoms with Gasteiger partial charge in [0.05, 0.1) is 39.1 Å². The van der Waals surface area contributed by atoms with Crippen LogP contribution in [0.5, 0.6) is 0 Å². The van der Waals surface area contributed by atoms with Crippen LogP contribution in [-0.2, 0) is 10.0 Å². The van der Waals surface area contributed by atoms with Crippen molar-refractivity contribution in [2.75, 3.05) is 31.9 Å². The highest BCUT2D eigenvalue weighted by Gasteiger charge is 2.31. The van der Waals surface area contributed by atoms with E-state index in [1.807, 2.05) is 19.1 Å². The predicted octanol–water partition coefficient (Wildman–Crippen LogP) is 2.43. The maximum atomic E-state index is 12.4. The second-order valence-electron chi connectivity index (χ2n) is 7.99. The zero-order chi connectivity index (χ0) is 20.9. The molecule has 0 spiro atoms. The maximum absolute atomic E-state index is 12.4. The Morgan fingerprint density at radius 2 is 1.79 bits per heavy atom. The molecule has 0 radical (unpaired) electrons. The van der Waals surface area contributed by atoms with E-state index in [4.69, 9.17) is 10.7 Å². The molecule has 1 fully saturated rings. The van der Waals surface area contributed by atoms with Crippen LogP contribution < -0.4 is 15.7 Å². The van der Waals surface area contributed by atoms with E-state index in [-0.39, 0.29) is 5.25 Å². The van der Waals surface area contributed by atoms with Crippen LogP contribution in [0, 0.1) is 13.8 Å². The van der Waals surface area contributed by atoms with Crippen LogP contribution in [0.15, 0.2) is 24.3 Å². The molecule has 154 valence electrons. The summed E-state index contributed by atoms with van der Waals surface area (Å²) >= 11 is 1.71. The molecule has 0 atom stereocenters. The van der Waals surface area contributed by atoms with Crippen LogP contribution in [-0.4, -0.2) is 49.1 Å². The number of aromatic nitrogens is 1. The first-order valence-corrected chi connectivity index (χ1v) is 12.2. The Bertz CT molecular complexity index is 1240. The van der Waals surface area contributed by atoms with Gasteiger partial charge in [0.2, 0.25) is 15.4 Å². The quantitative estimate of drug-likeness (QED) is 0.384. The number of nitrogens with two attached hydrogens (primary N) is 1. The smallest absolute Gasteiger partial charge is 0.216 e. The summed E-state index contributed by atoms with van der Waals surface area (Å²) in [5, 5.41) is 0.739. The van der Waals surface area contributed by atoms with Crippen molar-refractivity contribution in [2.45, 2.75) is 32.9 Å². The molecular formula is C21H27N4O2S2+. The van der Waals surface area contributed by atoms with Crippen LogP contribution in [0.4, 0.5) is 5.69 Å². The normalized spacial score (nSPS) is 16.2. The van der Waals surface area contributed by atoms with Gasteiger partial charge in [0, 0.05) is 17.8 Å². The zero-order valence-electron chi connectivity index (χ0n) is 17.3. The number of rotatable bonds is 2. The summed E-state index contributed by atoms with van der Waals surface area (Å²) in [6.45, 7) is 10.0. The molecule has 1 aromatic carbocycles. The molecule has 4 rings (SSSR count). The van der Waals surface area contributed by atoms with Gasteiger partial charge in [-0.25, -0.2) is 18.0 Å². The van der Waals surface area contributed by atoms with Crippen LogP contribution in [0.1, 0.15) is 25.0 Å². The molecule has 2 heterocycles. The molecule has 6 nitrogen and oxygen atoms in total. The molecule has 29 heavy (non-hydrogen) atoms. The van der Waals surface area contributed by atoms with Crippen molar-refractivity contribution in [3.05, 3.63) is 40.7 Å². The Morgan fingerprint density at radius 1 is 1.10 bits per heavy atom. The number of sulfonamides is 1. The summed E-state index contributed by atoms with van der Waals surface area (Å²) in [6.07, 6.45) is 0. The second-order valence-corrected chi connectivity index (χ2v) is 11.6. The number of benzene rings is 2. The molecule has 1 aromatic rings. The lowest BCUT2D eigenvalue weighted by atomic mass is 10.1. The second kappa shape index (κ2) is 7.34. The van der Waals surface area contributed by atoms with E-state index in [1.54, 1.807) is 29.5 Å². The van der Waals surface area contributed by atoms with E-state index < -0.39 is 10.0 Å². The van der Waals surface area contributed by atoms with Gasteiger partial charge in [-0.3, -0.25) is 0 Å².